The molecule has 3 aromatic rings. The molecule has 0 radical (unpaired) electrons. The molecule has 0 aliphatic carbocycles. The molecule has 0 saturated heterocycles. The smallest absolute Gasteiger partial charge is 0.252 e. The van der Waals surface area contributed by atoms with Crippen LogP contribution < -0.4 is 19.0 Å². The van der Waals surface area contributed by atoms with Crippen molar-refractivity contribution in [3.8, 4) is 17.2 Å². The third-order valence-electron chi connectivity index (χ3n) is 4.34. The Hall–Kier alpha value is -2.80. The van der Waals surface area contributed by atoms with Gasteiger partial charge in [-0.1, -0.05) is 17.4 Å². The Morgan fingerprint density at radius 2 is 1.86 bits per heavy atom. The largest absolute Gasteiger partial charge is 0.497 e. The maximum absolute atomic E-state index is 12.6. The molecule has 148 valence electrons. The SMILES string of the molecule is CCOc1ccc2c(c1)sc(=NC(=O)Cc1ccc(OC)cc1OC)n2CC. The molecule has 0 aliphatic rings. The van der Waals surface area contributed by atoms with Crippen molar-refractivity contribution in [3.05, 3.63) is 46.8 Å². The van der Waals surface area contributed by atoms with Crippen LogP contribution in [0.25, 0.3) is 10.2 Å². The third-order valence-corrected chi connectivity index (χ3v) is 5.38. The highest BCUT2D eigenvalue weighted by molar-refractivity contribution is 7.16. The van der Waals surface area contributed by atoms with Gasteiger partial charge in [0, 0.05) is 18.2 Å². The molecule has 1 amide bonds. The van der Waals surface area contributed by atoms with Gasteiger partial charge in [0.1, 0.15) is 17.2 Å². The third kappa shape index (κ3) is 4.20. The van der Waals surface area contributed by atoms with Gasteiger partial charge in [0.05, 0.1) is 37.5 Å². The lowest BCUT2D eigenvalue weighted by atomic mass is 10.1. The molecule has 2 aromatic carbocycles. The van der Waals surface area contributed by atoms with E-state index in [1.54, 1.807) is 20.3 Å². The highest BCUT2D eigenvalue weighted by Gasteiger charge is 2.12. The van der Waals surface area contributed by atoms with Gasteiger partial charge < -0.3 is 18.8 Å². The zero-order valence-electron chi connectivity index (χ0n) is 16.5. The molecule has 0 saturated carbocycles. The minimum Gasteiger partial charge on any atom is -0.497 e. The van der Waals surface area contributed by atoms with Crippen LogP contribution >= 0.6 is 11.3 Å². The number of hydrogen-bond acceptors (Lipinski definition) is 5. The van der Waals surface area contributed by atoms with Gasteiger partial charge in [-0.3, -0.25) is 4.79 Å². The topological polar surface area (TPSA) is 62.1 Å². The normalized spacial score (nSPS) is 11.6. The summed E-state index contributed by atoms with van der Waals surface area (Å²) in [5.41, 5.74) is 1.82. The van der Waals surface area contributed by atoms with E-state index in [4.69, 9.17) is 14.2 Å². The van der Waals surface area contributed by atoms with Crippen molar-refractivity contribution in [2.75, 3.05) is 20.8 Å². The number of nitrogens with zero attached hydrogens (tertiary/aromatic N) is 2. The zero-order valence-corrected chi connectivity index (χ0v) is 17.3. The fraction of sp³-hybridized carbons (Fsp3) is 0.333. The summed E-state index contributed by atoms with van der Waals surface area (Å²) < 4.78 is 19.2. The number of rotatable bonds is 7. The maximum atomic E-state index is 12.6. The molecule has 0 aliphatic heterocycles. The monoisotopic (exact) mass is 400 g/mol. The van der Waals surface area contributed by atoms with E-state index >= 15 is 0 Å². The van der Waals surface area contributed by atoms with Crippen molar-refractivity contribution in [1.82, 2.24) is 4.57 Å². The number of fused-ring (bicyclic) bond motifs is 1. The molecule has 1 aromatic heterocycles. The first-order valence-corrected chi connectivity index (χ1v) is 9.95. The molecular formula is C21H24N2O4S. The van der Waals surface area contributed by atoms with Crippen LogP contribution in [0.15, 0.2) is 41.4 Å². The van der Waals surface area contributed by atoms with Gasteiger partial charge in [0.25, 0.3) is 5.91 Å². The van der Waals surface area contributed by atoms with Gasteiger partial charge in [-0.25, -0.2) is 0 Å². The number of ether oxygens (including phenoxy) is 3. The number of carbonyl (C=O) groups is 1. The molecule has 3 rings (SSSR count). The molecule has 7 heteroatoms. The fourth-order valence-electron chi connectivity index (χ4n) is 3.01. The second kappa shape index (κ2) is 8.93. The lowest BCUT2D eigenvalue weighted by molar-refractivity contribution is -0.117. The molecule has 0 atom stereocenters. The van der Waals surface area contributed by atoms with Crippen LogP contribution in [-0.2, 0) is 17.8 Å². The van der Waals surface area contributed by atoms with Gasteiger partial charge >= 0.3 is 0 Å². The van der Waals surface area contributed by atoms with E-state index in [1.165, 1.54) is 11.3 Å². The van der Waals surface area contributed by atoms with Gasteiger partial charge in [-0.05, 0) is 38.1 Å². The van der Waals surface area contributed by atoms with E-state index in [-0.39, 0.29) is 12.3 Å². The van der Waals surface area contributed by atoms with Crippen LogP contribution in [0, 0.1) is 0 Å². The molecular weight excluding hydrogens is 376 g/mol. The predicted octanol–water partition coefficient (Wildman–Crippen LogP) is 3.81. The summed E-state index contributed by atoms with van der Waals surface area (Å²) in [5.74, 6) is 1.90. The van der Waals surface area contributed by atoms with E-state index in [1.807, 2.05) is 48.7 Å². The van der Waals surface area contributed by atoms with Gasteiger partial charge in [-0.15, -0.1) is 0 Å². The van der Waals surface area contributed by atoms with Crippen molar-refractivity contribution in [3.63, 3.8) is 0 Å². The van der Waals surface area contributed by atoms with E-state index in [9.17, 15) is 4.79 Å². The average Bonchev–Trinajstić information content (AvgIpc) is 3.04. The van der Waals surface area contributed by atoms with E-state index in [0.717, 1.165) is 28.1 Å². The highest BCUT2D eigenvalue weighted by atomic mass is 32.1. The number of benzene rings is 2. The Morgan fingerprint density at radius 1 is 1.07 bits per heavy atom. The Bertz CT molecular complexity index is 1050. The summed E-state index contributed by atoms with van der Waals surface area (Å²) >= 11 is 1.49. The average molecular weight is 401 g/mol. The Morgan fingerprint density at radius 3 is 2.54 bits per heavy atom. The lowest BCUT2D eigenvalue weighted by Gasteiger charge is -2.08. The first kappa shape index (κ1) is 19.9. The van der Waals surface area contributed by atoms with Crippen molar-refractivity contribution in [2.45, 2.75) is 26.8 Å². The number of carbonyl (C=O) groups excluding carboxylic acids is 1. The highest BCUT2D eigenvalue weighted by Crippen LogP contribution is 2.26. The fourth-order valence-corrected chi connectivity index (χ4v) is 4.15. The summed E-state index contributed by atoms with van der Waals surface area (Å²) in [6, 6.07) is 11.4. The van der Waals surface area contributed by atoms with Crippen LogP contribution in [-0.4, -0.2) is 31.3 Å². The second-order valence-corrected chi connectivity index (χ2v) is 7.06. The standard InChI is InChI=1S/C21H24N2O4S/c1-5-23-17-10-9-16(27-6-2)13-19(17)28-21(23)22-20(24)11-14-7-8-15(25-3)12-18(14)26-4/h7-10,12-13H,5-6,11H2,1-4H3. The molecule has 1 heterocycles. The van der Waals surface area contributed by atoms with Crippen LogP contribution in [0.3, 0.4) is 0 Å². The molecule has 0 fully saturated rings. The predicted molar refractivity (Wildman–Crippen MR) is 110 cm³/mol. The molecule has 0 N–H and O–H groups in total. The Kier molecular flexibility index (Phi) is 6.36. The molecule has 0 unspecified atom stereocenters. The number of thiazole rings is 1. The van der Waals surface area contributed by atoms with Crippen LogP contribution in [0.2, 0.25) is 0 Å². The summed E-state index contributed by atoms with van der Waals surface area (Å²) in [7, 11) is 3.17. The molecule has 0 bridgehead atoms. The molecule has 28 heavy (non-hydrogen) atoms. The van der Waals surface area contributed by atoms with E-state index in [0.29, 0.717) is 22.9 Å². The van der Waals surface area contributed by atoms with Gasteiger partial charge in [0.15, 0.2) is 4.80 Å². The van der Waals surface area contributed by atoms with Crippen LogP contribution in [0.5, 0.6) is 17.2 Å². The quantitative estimate of drug-likeness (QED) is 0.605. The Balaban J connectivity index is 1.94. The first-order valence-electron chi connectivity index (χ1n) is 9.14. The summed E-state index contributed by atoms with van der Waals surface area (Å²) in [4.78, 5) is 17.7. The zero-order chi connectivity index (χ0) is 20.1. The van der Waals surface area contributed by atoms with Crippen molar-refractivity contribution >= 4 is 27.5 Å². The second-order valence-electron chi connectivity index (χ2n) is 6.05. The number of amides is 1. The van der Waals surface area contributed by atoms with E-state index in [2.05, 4.69) is 4.99 Å². The van der Waals surface area contributed by atoms with Crippen molar-refractivity contribution in [1.29, 1.82) is 0 Å². The first-order chi connectivity index (χ1) is 13.6. The minimum atomic E-state index is -0.220. The number of aryl methyl sites for hydroxylation is 1. The number of hydrogen-bond donors (Lipinski definition) is 0. The van der Waals surface area contributed by atoms with Crippen molar-refractivity contribution in [2.24, 2.45) is 4.99 Å². The Labute approximate surface area is 168 Å². The molecule has 6 nitrogen and oxygen atoms in total. The summed E-state index contributed by atoms with van der Waals surface area (Å²) in [6.07, 6.45) is 0.162. The lowest BCUT2D eigenvalue weighted by Crippen LogP contribution is -2.16. The molecule has 0 spiro atoms. The van der Waals surface area contributed by atoms with Crippen LogP contribution in [0.4, 0.5) is 0 Å². The summed E-state index contributed by atoms with van der Waals surface area (Å²) in [5, 5.41) is 0. The maximum Gasteiger partial charge on any atom is 0.252 e. The van der Waals surface area contributed by atoms with Gasteiger partial charge in [-0.2, -0.15) is 4.99 Å². The van der Waals surface area contributed by atoms with Crippen molar-refractivity contribution < 1.29 is 19.0 Å². The van der Waals surface area contributed by atoms with Gasteiger partial charge in [0.2, 0.25) is 0 Å². The van der Waals surface area contributed by atoms with Crippen LogP contribution in [0.1, 0.15) is 19.4 Å². The summed E-state index contributed by atoms with van der Waals surface area (Å²) in [6.45, 7) is 5.34. The number of methoxy groups -OCH3 is 2. The van der Waals surface area contributed by atoms with E-state index < -0.39 is 0 Å². The minimum absolute atomic E-state index is 0.162. The number of aromatic nitrogens is 1.